The van der Waals surface area contributed by atoms with Crippen molar-refractivity contribution in [2.75, 3.05) is 13.2 Å². The third-order valence-corrected chi connectivity index (χ3v) is 5.67. The topological polar surface area (TPSA) is 66.2 Å². The van der Waals surface area contributed by atoms with Crippen molar-refractivity contribution in [3.8, 4) is 22.3 Å². The number of carbonyl (C=O) groups excluding carboxylic acids is 1. The fourth-order valence-corrected chi connectivity index (χ4v) is 4.09. The molecule has 4 rings (SSSR count). The van der Waals surface area contributed by atoms with Gasteiger partial charge < -0.3 is 9.47 Å². The minimum atomic E-state index is -0.315. The molecule has 0 bridgehead atoms. The maximum Gasteiger partial charge on any atom is 0.311 e. The molecule has 0 spiro atoms. The van der Waals surface area contributed by atoms with Gasteiger partial charge >= 0.3 is 5.97 Å². The van der Waals surface area contributed by atoms with Gasteiger partial charge in [-0.25, -0.2) is 9.67 Å². The monoisotopic (exact) mass is 439 g/mol. The van der Waals surface area contributed by atoms with Gasteiger partial charge in [0.2, 0.25) is 0 Å². The smallest absolute Gasteiger partial charge is 0.311 e. The fraction of sp³-hybridized carbons (Fsp3) is 0.375. The molecule has 6 nitrogen and oxygen atoms in total. The number of pyridine rings is 1. The average molecular weight is 440 g/mol. The van der Waals surface area contributed by atoms with E-state index in [0.29, 0.717) is 17.5 Å². The minimum absolute atomic E-state index is 0.0217. The summed E-state index contributed by atoms with van der Waals surface area (Å²) in [5.74, 6) is -0.315. The van der Waals surface area contributed by atoms with Crippen LogP contribution in [-0.2, 0) is 20.7 Å². The molecule has 1 saturated heterocycles. The van der Waals surface area contributed by atoms with Crippen molar-refractivity contribution in [2.24, 2.45) is 0 Å². The molecule has 1 fully saturated rings. The van der Waals surface area contributed by atoms with Gasteiger partial charge in [-0.15, -0.1) is 0 Å². The molecule has 3 aromatic rings. The molecular formula is C24H26ClN3O3. The number of hydrogen-bond acceptors (Lipinski definition) is 5. The van der Waals surface area contributed by atoms with E-state index in [-0.39, 0.29) is 18.6 Å². The summed E-state index contributed by atoms with van der Waals surface area (Å²) in [6, 6.07) is 9.89. The second kappa shape index (κ2) is 9.62. The lowest BCUT2D eigenvalue weighted by Gasteiger charge is -2.22. The lowest BCUT2D eigenvalue weighted by atomic mass is 9.95. The SMILES string of the molecule is CCOC(=O)Cc1nc(Cl)ccc1-c1ccc(-c2cnn(C3CCCCO3)c2)cc1C. The van der Waals surface area contributed by atoms with Crippen molar-refractivity contribution in [3.63, 3.8) is 0 Å². The van der Waals surface area contributed by atoms with E-state index in [9.17, 15) is 4.79 Å². The highest BCUT2D eigenvalue weighted by molar-refractivity contribution is 6.29. The molecule has 0 amide bonds. The van der Waals surface area contributed by atoms with Crippen LogP contribution in [0, 0.1) is 6.92 Å². The number of ether oxygens (including phenoxy) is 2. The zero-order chi connectivity index (χ0) is 21.8. The average Bonchev–Trinajstić information content (AvgIpc) is 3.25. The second-order valence-electron chi connectivity index (χ2n) is 7.67. The Morgan fingerprint density at radius 3 is 2.81 bits per heavy atom. The third kappa shape index (κ3) is 4.97. The summed E-state index contributed by atoms with van der Waals surface area (Å²) in [6.45, 7) is 4.96. The van der Waals surface area contributed by atoms with Gasteiger partial charge in [0.15, 0.2) is 0 Å². The number of benzene rings is 1. The molecule has 31 heavy (non-hydrogen) atoms. The normalized spacial score (nSPS) is 16.3. The number of aryl methyl sites for hydroxylation is 1. The Bertz CT molecular complexity index is 1070. The Hall–Kier alpha value is -2.70. The lowest BCUT2D eigenvalue weighted by Crippen LogP contribution is -2.18. The van der Waals surface area contributed by atoms with Crippen molar-refractivity contribution >= 4 is 17.6 Å². The molecule has 2 aromatic heterocycles. The maximum absolute atomic E-state index is 12.0. The van der Waals surface area contributed by atoms with E-state index in [1.54, 1.807) is 13.0 Å². The quantitative estimate of drug-likeness (QED) is 0.381. The number of aromatic nitrogens is 3. The fourth-order valence-electron chi connectivity index (χ4n) is 3.93. The zero-order valence-corrected chi connectivity index (χ0v) is 18.6. The first kappa shape index (κ1) is 21.5. The summed E-state index contributed by atoms with van der Waals surface area (Å²) >= 11 is 6.09. The van der Waals surface area contributed by atoms with Gasteiger partial charge in [0, 0.05) is 23.9 Å². The highest BCUT2D eigenvalue weighted by Gasteiger charge is 2.18. The first-order chi connectivity index (χ1) is 15.0. The van der Waals surface area contributed by atoms with Crippen LogP contribution in [0.2, 0.25) is 5.15 Å². The molecule has 1 atom stereocenters. The molecule has 1 aromatic carbocycles. The summed E-state index contributed by atoms with van der Waals surface area (Å²) < 4.78 is 12.8. The Labute approximate surface area is 187 Å². The zero-order valence-electron chi connectivity index (χ0n) is 17.8. The van der Waals surface area contributed by atoms with Gasteiger partial charge in [-0.3, -0.25) is 4.79 Å². The number of esters is 1. The van der Waals surface area contributed by atoms with Crippen LogP contribution in [0.25, 0.3) is 22.3 Å². The molecule has 0 N–H and O–H groups in total. The second-order valence-corrected chi connectivity index (χ2v) is 8.06. The van der Waals surface area contributed by atoms with Crippen molar-refractivity contribution in [2.45, 2.75) is 45.8 Å². The summed E-state index contributed by atoms with van der Waals surface area (Å²) in [7, 11) is 0. The van der Waals surface area contributed by atoms with Crippen LogP contribution in [0.3, 0.4) is 0 Å². The first-order valence-corrected chi connectivity index (χ1v) is 11.0. The van der Waals surface area contributed by atoms with E-state index in [1.165, 1.54) is 0 Å². The molecular weight excluding hydrogens is 414 g/mol. The summed E-state index contributed by atoms with van der Waals surface area (Å²) in [4.78, 5) is 16.4. The molecule has 1 aliphatic heterocycles. The van der Waals surface area contributed by atoms with E-state index in [2.05, 4.69) is 35.2 Å². The van der Waals surface area contributed by atoms with E-state index < -0.39 is 0 Å². The molecule has 3 heterocycles. The Kier molecular flexibility index (Phi) is 6.68. The largest absolute Gasteiger partial charge is 0.466 e. The van der Waals surface area contributed by atoms with E-state index >= 15 is 0 Å². The number of nitrogens with zero attached hydrogens (tertiary/aromatic N) is 3. The van der Waals surface area contributed by atoms with E-state index in [1.807, 2.05) is 23.1 Å². The van der Waals surface area contributed by atoms with Gasteiger partial charge in [-0.2, -0.15) is 5.10 Å². The van der Waals surface area contributed by atoms with Crippen LogP contribution in [-0.4, -0.2) is 33.9 Å². The van der Waals surface area contributed by atoms with Crippen LogP contribution in [0.4, 0.5) is 0 Å². The Morgan fingerprint density at radius 2 is 2.06 bits per heavy atom. The van der Waals surface area contributed by atoms with Crippen molar-refractivity contribution < 1.29 is 14.3 Å². The van der Waals surface area contributed by atoms with Crippen LogP contribution in [0.1, 0.15) is 43.7 Å². The molecule has 0 aliphatic carbocycles. The predicted octanol–water partition coefficient (Wildman–Crippen LogP) is 5.38. The van der Waals surface area contributed by atoms with Gasteiger partial charge in [0.1, 0.15) is 11.4 Å². The molecule has 7 heteroatoms. The number of carbonyl (C=O) groups is 1. The van der Waals surface area contributed by atoms with Crippen molar-refractivity contribution in [1.29, 1.82) is 0 Å². The summed E-state index contributed by atoms with van der Waals surface area (Å²) in [6.07, 6.45) is 7.29. The van der Waals surface area contributed by atoms with E-state index in [4.69, 9.17) is 21.1 Å². The molecule has 0 radical (unpaired) electrons. The van der Waals surface area contributed by atoms with Crippen LogP contribution in [0.15, 0.2) is 42.7 Å². The summed E-state index contributed by atoms with van der Waals surface area (Å²) in [5, 5.41) is 4.87. The van der Waals surface area contributed by atoms with Crippen molar-refractivity contribution in [3.05, 3.63) is 59.1 Å². The number of hydrogen-bond donors (Lipinski definition) is 0. The maximum atomic E-state index is 12.0. The minimum Gasteiger partial charge on any atom is -0.466 e. The first-order valence-electron chi connectivity index (χ1n) is 10.6. The number of rotatable bonds is 6. The highest BCUT2D eigenvalue weighted by Crippen LogP contribution is 2.32. The van der Waals surface area contributed by atoms with E-state index in [0.717, 1.165) is 53.7 Å². The predicted molar refractivity (Wildman–Crippen MR) is 120 cm³/mol. The van der Waals surface area contributed by atoms with Crippen LogP contribution >= 0.6 is 11.6 Å². The number of halogens is 1. The third-order valence-electron chi connectivity index (χ3n) is 5.46. The molecule has 1 unspecified atom stereocenters. The Balaban J connectivity index is 1.61. The summed E-state index contributed by atoms with van der Waals surface area (Å²) in [5.41, 5.74) is 5.71. The molecule has 1 aliphatic rings. The van der Waals surface area contributed by atoms with Gasteiger partial charge in [-0.05, 0) is 61.9 Å². The van der Waals surface area contributed by atoms with Gasteiger partial charge in [0.05, 0.1) is 24.9 Å². The molecule has 0 saturated carbocycles. The van der Waals surface area contributed by atoms with Crippen molar-refractivity contribution in [1.82, 2.24) is 14.8 Å². The van der Waals surface area contributed by atoms with Crippen LogP contribution in [0.5, 0.6) is 0 Å². The Morgan fingerprint density at radius 1 is 1.23 bits per heavy atom. The lowest BCUT2D eigenvalue weighted by molar-refractivity contribution is -0.142. The van der Waals surface area contributed by atoms with Crippen LogP contribution < -0.4 is 0 Å². The molecule has 162 valence electrons. The van der Waals surface area contributed by atoms with Gasteiger partial charge in [0.25, 0.3) is 0 Å². The standard InChI is InChI=1S/C24H26ClN3O3/c1-3-30-24(29)13-21-20(9-10-22(25)27-21)19-8-7-17(12-16(19)2)18-14-26-28(15-18)23-6-4-5-11-31-23/h7-10,12,14-15,23H,3-6,11,13H2,1-2H3. The van der Waals surface area contributed by atoms with Gasteiger partial charge in [-0.1, -0.05) is 29.8 Å². The highest BCUT2D eigenvalue weighted by atomic mass is 35.5.